The summed E-state index contributed by atoms with van der Waals surface area (Å²) in [5.41, 5.74) is 0. The highest BCUT2D eigenvalue weighted by Gasteiger charge is 2.32. The first kappa shape index (κ1) is 15.3. The molecule has 0 spiro atoms. The van der Waals surface area contributed by atoms with Gasteiger partial charge in [-0.25, -0.2) is 0 Å². The van der Waals surface area contributed by atoms with Crippen molar-refractivity contribution in [3.05, 3.63) is 0 Å². The van der Waals surface area contributed by atoms with E-state index >= 15 is 0 Å². The lowest BCUT2D eigenvalue weighted by Crippen LogP contribution is -2.51. The maximum absolute atomic E-state index is 12.6. The Morgan fingerprint density at radius 2 is 1.70 bits per heavy atom. The fourth-order valence-corrected chi connectivity index (χ4v) is 3.28. The lowest BCUT2D eigenvalue weighted by molar-refractivity contribution is -0.147. The molecule has 5 heteroatoms. The molecular weight excluding hydrogens is 256 g/mol. The zero-order chi connectivity index (χ0) is 14.5. The van der Waals surface area contributed by atoms with Gasteiger partial charge in [0.25, 0.3) is 0 Å². The molecule has 2 aliphatic heterocycles. The van der Waals surface area contributed by atoms with Crippen LogP contribution in [0.2, 0.25) is 0 Å². The van der Waals surface area contributed by atoms with E-state index in [1.54, 1.807) is 4.90 Å². The van der Waals surface area contributed by atoms with Crippen LogP contribution in [0.4, 0.5) is 0 Å². The molecule has 2 rings (SSSR count). The lowest BCUT2D eigenvalue weighted by Gasteiger charge is -2.35. The molecule has 114 valence electrons. The number of hydrogen-bond donors (Lipinski definition) is 1. The van der Waals surface area contributed by atoms with Crippen molar-refractivity contribution >= 4 is 11.9 Å². The summed E-state index contributed by atoms with van der Waals surface area (Å²) in [6, 6.07) is -0.111. The summed E-state index contributed by atoms with van der Waals surface area (Å²) in [6.07, 6.45) is 6.32. The van der Waals surface area contributed by atoms with Crippen molar-refractivity contribution in [1.82, 2.24) is 9.80 Å². The van der Waals surface area contributed by atoms with Crippen LogP contribution in [0.25, 0.3) is 0 Å². The Morgan fingerprint density at radius 3 is 2.30 bits per heavy atom. The van der Waals surface area contributed by atoms with E-state index in [1.165, 1.54) is 12.8 Å². The smallest absolute Gasteiger partial charge is 0.308 e. The second-order valence-corrected chi connectivity index (χ2v) is 6.09. The van der Waals surface area contributed by atoms with Crippen molar-refractivity contribution in [2.45, 2.75) is 51.5 Å². The van der Waals surface area contributed by atoms with Gasteiger partial charge in [-0.15, -0.1) is 0 Å². The molecule has 0 bridgehead atoms. The number of carbonyl (C=O) groups is 2. The van der Waals surface area contributed by atoms with Gasteiger partial charge in [-0.3, -0.25) is 14.5 Å². The number of rotatable bonds is 3. The van der Waals surface area contributed by atoms with Crippen LogP contribution in [0.3, 0.4) is 0 Å². The van der Waals surface area contributed by atoms with Crippen LogP contribution in [0.1, 0.15) is 45.4 Å². The van der Waals surface area contributed by atoms with Crippen LogP contribution in [0.15, 0.2) is 0 Å². The molecule has 0 aromatic heterocycles. The maximum atomic E-state index is 12.6. The number of carboxylic acid groups (broad SMARTS) is 1. The predicted octanol–water partition coefficient (Wildman–Crippen LogP) is 1.57. The van der Waals surface area contributed by atoms with Gasteiger partial charge in [-0.2, -0.15) is 0 Å². The number of carboxylic acids is 1. The number of aliphatic carboxylic acids is 1. The van der Waals surface area contributed by atoms with Gasteiger partial charge in [0.1, 0.15) is 0 Å². The van der Waals surface area contributed by atoms with Crippen molar-refractivity contribution < 1.29 is 14.7 Å². The molecule has 0 aromatic rings. The maximum Gasteiger partial charge on any atom is 0.308 e. The van der Waals surface area contributed by atoms with E-state index in [9.17, 15) is 9.59 Å². The Hall–Kier alpha value is -1.10. The van der Waals surface area contributed by atoms with Crippen molar-refractivity contribution in [2.24, 2.45) is 5.92 Å². The largest absolute Gasteiger partial charge is 0.481 e. The molecular formula is C15H26N2O3. The first-order chi connectivity index (χ1) is 9.59. The van der Waals surface area contributed by atoms with Crippen LogP contribution >= 0.6 is 0 Å². The third-order valence-electron chi connectivity index (χ3n) is 4.63. The highest BCUT2D eigenvalue weighted by Crippen LogP contribution is 2.19. The van der Waals surface area contributed by atoms with Crippen LogP contribution in [0, 0.1) is 5.92 Å². The van der Waals surface area contributed by atoms with Gasteiger partial charge in [0.2, 0.25) is 5.91 Å². The van der Waals surface area contributed by atoms with Gasteiger partial charge in [0, 0.05) is 13.1 Å². The standard InChI is InChI=1S/C15H26N2O3/c1-12(16-8-4-2-3-5-9-16)14(18)17-10-6-7-13(11-17)15(19)20/h12-13H,2-11H2,1H3,(H,19,20). The molecule has 0 radical (unpaired) electrons. The minimum atomic E-state index is -0.773. The van der Waals surface area contributed by atoms with Gasteiger partial charge in [0.05, 0.1) is 12.0 Å². The molecule has 0 aliphatic carbocycles. The van der Waals surface area contributed by atoms with E-state index in [2.05, 4.69) is 4.90 Å². The third-order valence-corrected chi connectivity index (χ3v) is 4.63. The van der Waals surface area contributed by atoms with Crippen LogP contribution in [0.5, 0.6) is 0 Å². The minimum Gasteiger partial charge on any atom is -0.481 e. The Bertz CT molecular complexity index is 351. The molecule has 0 saturated carbocycles. The summed E-state index contributed by atoms with van der Waals surface area (Å²) in [5, 5.41) is 9.11. The number of amides is 1. The number of likely N-dealkylation sites (tertiary alicyclic amines) is 2. The van der Waals surface area contributed by atoms with Gasteiger partial charge in [-0.1, -0.05) is 12.8 Å². The summed E-state index contributed by atoms with van der Waals surface area (Å²) < 4.78 is 0. The summed E-state index contributed by atoms with van der Waals surface area (Å²) in [6.45, 7) is 5.04. The number of nitrogens with zero attached hydrogens (tertiary/aromatic N) is 2. The Balaban J connectivity index is 1.93. The van der Waals surface area contributed by atoms with Gasteiger partial charge in [0.15, 0.2) is 0 Å². The molecule has 2 atom stereocenters. The Labute approximate surface area is 120 Å². The third kappa shape index (κ3) is 3.72. The Morgan fingerprint density at radius 1 is 1.05 bits per heavy atom. The zero-order valence-electron chi connectivity index (χ0n) is 12.4. The molecule has 2 saturated heterocycles. The van der Waals surface area contributed by atoms with Crippen molar-refractivity contribution in [3.8, 4) is 0 Å². The predicted molar refractivity (Wildman–Crippen MR) is 76.4 cm³/mol. The van der Waals surface area contributed by atoms with Gasteiger partial charge >= 0.3 is 5.97 Å². The summed E-state index contributed by atoms with van der Waals surface area (Å²) >= 11 is 0. The fourth-order valence-electron chi connectivity index (χ4n) is 3.28. The highest BCUT2D eigenvalue weighted by atomic mass is 16.4. The number of carbonyl (C=O) groups excluding carboxylic acids is 1. The molecule has 2 aliphatic rings. The first-order valence-electron chi connectivity index (χ1n) is 7.85. The summed E-state index contributed by atoms with van der Waals surface area (Å²) in [5.74, 6) is -1.05. The van der Waals surface area contributed by atoms with E-state index in [1.807, 2.05) is 6.92 Å². The number of hydrogen-bond acceptors (Lipinski definition) is 3. The van der Waals surface area contributed by atoms with Crippen molar-refractivity contribution in [2.75, 3.05) is 26.2 Å². The topological polar surface area (TPSA) is 60.9 Å². The fraction of sp³-hybridized carbons (Fsp3) is 0.867. The Kier molecular flexibility index (Phi) is 5.40. The summed E-state index contributed by atoms with van der Waals surface area (Å²) in [4.78, 5) is 27.7. The summed E-state index contributed by atoms with van der Waals surface area (Å²) in [7, 11) is 0. The molecule has 2 unspecified atom stereocenters. The van der Waals surface area contributed by atoms with E-state index in [0.717, 1.165) is 32.4 Å². The SMILES string of the molecule is CC(C(=O)N1CCCC(C(=O)O)C1)N1CCCCCC1. The highest BCUT2D eigenvalue weighted by molar-refractivity contribution is 5.82. The number of piperidine rings is 1. The quantitative estimate of drug-likeness (QED) is 0.853. The molecule has 2 heterocycles. The van der Waals surface area contributed by atoms with Crippen LogP contribution in [-0.2, 0) is 9.59 Å². The van der Waals surface area contributed by atoms with E-state index < -0.39 is 5.97 Å². The molecule has 1 amide bonds. The van der Waals surface area contributed by atoms with Gasteiger partial charge in [-0.05, 0) is 45.7 Å². The minimum absolute atomic E-state index is 0.109. The first-order valence-corrected chi connectivity index (χ1v) is 7.85. The zero-order valence-corrected chi connectivity index (χ0v) is 12.4. The lowest BCUT2D eigenvalue weighted by atomic mass is 9.97. The second kappa shape index (κ2) is 7.07. The second-order valence-electron chi connectivity index (χ2n) is 6.09. The average Bonchev–Trinajstić information content (AvgIpc) is 2.75. The van der Waals surface area contributed by atoms with Crippen molar-refractivity contribution in [1.29, 1.82) is 0 Å². The van der Waals surface area contributed by atoms with E-state index in [4.69, 9.17) is 5.11 Å². The van der Waals surface area contributed by atoms with E-state index in [-0.39, 0.29) is 17.9 Å². The van der Waals surface area contributed by atoms with Crippen LogP contribution < -0.4 is 0 Å². The molecule has 0 aromatic carbocycles. The molecule has 2 fully saturated rings. The molecule has 5 nitrogen and oxygen atoms in total. The van der Waals surface area contributed by atoms with Crippen molar-refractivity contribution in [3.63, 3.8) is 0 Å². The normalized spacial score (nSPS) is 26.9. The van der Waals surface area contributed by atoms with Gasteiger partial charge < -0.3 is 10.0 Å². The van der Waals surface area contributed by atoms with E-state index in [0.29, 0.717) is 19.5 Å². The molecule has 1 N–H and O–H groups in total. The monoisotopic (exact) mass is 282 g/mol. The average molecular weight is 282 g/mol. The molecule has 20 heavy (non-hydrogen) atoms. The van der Waals surface area contributed by atoms with Crippen LogP contribution in [-0.4, -0.2) is 59.0 Å².